The van der Waals surface area contributed by atoms with Gasteiger partial charge in [0.05, 0.1) is 19.3 Å². The molecule has 36 heavy (non-hydrogen) atoms. The van der Waals surface area contributed by atoms with E-state index in [-0.39, 0.29) is 17.3 Å². The van der Waals surface area contributed by atoms with E-state index in [2.05, 4.69) is 11.9 Å². The summed E-state index contributed by atoms with van der Waals surface area (Å²) in [7, 11) is 1.46. The van der Waals surface area contributed by atoms with Gasteiger partial charge in [0.15, 0.2) is 17.2 Å². The molecule has 3 aromatic rings. The quantitative estimate of drug-likeness (QED) is 0.151. The first-order chi connectivity index (χ1) is 17.5. The summed E-state index contributed by atoms with van der Waals surface area (Å²) < 4.78 is 21.9. The van der Waals surface area contributed by atoms with Crippen molar-refractivity contribution >= 4 is 35.5 Å². The lowest BCUT2D eigenvalue weighted by Gasteiger charge is -2.10. The third kappa shape index (κ3) is 6.12. The Balaban J connectivity index is 1.49. The Labute approximate surface area is 213 Å². The summed E-state index contributed by atoms with van der Waals surface area (Å²) in [6.07, 6.45) is 3.61. The van der Waals surface area contributed by atoms with Crippen molar-refractivity contribution in [3.05, 3.63) is 94.1 Å². The highest BCUT2D eigenvalue weighted by Crippen LogP contribution is 2.31. The number of unbranched alkanes of at least 4 members (excludes halogenated alkanes) is 1. The molecule has 0 radical (unpaired) electrons. The fourth-order valence-electron chi connectivity index (χ4n) is 3.35. The molecular formula is C28H24ClNO6. The summed E-state index contributed by atoms with van der Waals surface area (Å²) in [6, 6.07) is 18.6. The van der Waals surface area contributed by atoms with Gasteiger partial charge in [-0.1, -0.05) is 37.1 Å². The molecule has 0 fully saturated rings. The van der Waals surface area contributed by atoms with E-state index in [0.29, 0.717) is 34.1 Å². The minimum absolute atomic E-state index is 0.138. The van der Waals surface area contributed by atoms with E-state index in [1.165, 1.54) is 13.2 Å². The average molecular weight is 506 g/mol. The van der Waals surface area contributed by atoms with Crippen LogP contribution in [-0.4, -0.2) is 31.6 Å². The van der Waals surface area contributed by atoms with Gasteiger partial charge in [-0.2, -0.15) is 0 Å². The van der Waals surface area contributed by atoms with Gasteiger partial charge in [-0.25, -0.2) is 14.6 Å². The number of aliphatic imine (C=N–C) groups is 1. The van der Waals surface area contributed by atoms with Crippen molar-refractivity contribution < 1.29 is 28.5 Å². The molecule has 0 N–H and O–H groups in total. The molecule has 3 aromatic carbocycles. The molecule has 184 valence electrons. The van der Waals surface area contributed by atoms with Crippen LogP contribution in [0.25, 0.3) is 6.08 Å². The highest BCUT2D eigenvalue weighted by Gasteiger charge is 2.24. The molecule has 0 spiro atoms. The predicted molar refractivity (Wildman–Crippen MR) is 137 cm³/mol. The summed E-state index contributed by atoms with van der Waals surface area (Å²) in [5.41, 5.74) is 1.73. The summed E-state index contributed by atoms with van der Waals surface area (Å²) in [4.78, 5) is 29.2. The zero-order chi connectivity index (χ0) is 25.5. The molecule has 7 nitrogen and oxygen atoms in total. The largest absolute Gasteiger partial charge is 0.494 e. The molecule has 1 aliphatic heterocycles. The number of carbonyl (C=O) groups is 2. The highest BCUT2D eigenvalue weighted by atomic mass is 35.5. The Hall–Kier alpha value is -4.10. The van der Waals surface area contributed by atoms with Gasteiger partial charge in [0.25, 0.3) is 0 Å². The molecule has 1 heterocycles. The van der Waals surface area contributed by atoms with Gasteiger partial charge in [0, 0.05) is 10.6 Å². The maximum absolute atomic E-state index is 12.5. The fraction of sp³-hybridized carbons (Fsp3) is 0.179. The number of esters is 2. The summed E-state index contributed by atoms with van der Waals surface area (Å²) in [5, 5.41) is 0.429. The molecule has 0 amide bonds. The Kier molecular flexibility index (Phi) is 8.02. The van der Waals surface area contributed by atoms with Crippen molar-refractivity contribution in [2.45, 2.75) is 19.8 Å². The first-order valence-corrected chi connectivity index (χ1v) is 11.8. The molecule has 4 rings (SSSR count). The van der Waals surface area contributed by atoms with Crippen molar-refractivity contribution in [1.82, 2.24) is 0 Å². The predicted octanol–water partition coefficient (Wildman–Crippen LogP) is 6.09. The average Bonchev–Trinajstić information content (AvgIpc) is 3.25. The van der Waals surface area contributed by atoms with Gasteiger partial charge >= 0.3 is 11.9 Å². The molecular weight excluding hydrogens is 482 g/mol. The van der Waals surface area contributed by atoms with E-state index in [9.17, 15) is 9.59 Å². The SMILES string of the molecule is CCCCOc1ccc(C2=N/C(=C\c3ccc(OC(=O)c4cccc(Cl)c4)c(OC)c3)C(=O)O2)cc1. The van der Waals surface area contributed by atoms with Gasteiger partial charge in [0.2, 0.25) is 5.90 Å². The number of hydrogen-bond donors (Lipinski definition) is 0. The van der Waals surface area contributed by atoms with Crippen LogP contribution in [0.1, 0.15) is 41.3 Å². The molecule has 0 aromatic heterocycles. The molecule has 1 aliphatic rings. The monoisotopic (exact) mass is 505 g/mol. The van der Waals surface area contributed by atoms with Crippen molar-refractivity contribution in [1.29, 1.82) is 0 Å². The first kappa shape index (κ1) is 25.0. The smallest absolute Gasteiger partial charge is 0.363 e. The normalized spacial score (nSPS) is 13.8. The molecule has 0 unspecified atom stereocenters. The molecule has 0 atom stereocenters. The van der Waals surface area contributed by atoms with Crippen molar-refractivity contribution in [3.63, 3.8) is 0 Å². The second-order valence-electron chi connectivity index (χ2n) is 7.87. The minimum Gasteiger partial charge on any atom is -0.494 e. The standard InChI is InChI=1S/C28H24ClNO6/c1-3-4-14-34-22-11-9-19(10-12-22)26-30-23(28(32)36-26)15-18-8-13-24(25(16-18)33-2)35-27(31)20-6-5-7-21(29)17-20/h5-13,15-17H,3-4,14H2,1-2H3/b23-15-. The number of nitrogens with zero attached hydrogens (tertiary/aromatic N) is 1. The van der Waals surface area contributed by atoms with E-state index < -0.39 is 11.9 Å². The van der Waals surface area contributed by atoms with Gasteiger partial charge < -0.3 is 18.9 Å². The van der Waals surface area contributed by atoms with E-state index >= 15 is 0 Å². The van der Waals surface area contributed by atoms with Crippen LogP contribution in [0.3, 0.4) is 0 Å². The fourth-order valence-corrected chi connectivity index (χ4v) is 3.54. The Bertz CT molecular complexity index is 1330. The van der Waals surface area contributed by atoms with Crippen LogP contribution >= 0.6 is 11.6 Å². The zero-order valence-corrected chi connectivity index (χ0v) is 20.6. The highest BCUT2D eigenvalue weighted by molar-refractivity contribution is 6.30. The zero-order valence-electron chi connectivity index (χ0n) is 19.8. The van der Waals surface area contributed by atoms with Crippen LogP contribution in [0.2, 0.25) is 5.02 Å². The second-order valence-corrected chi connectivity index (χ2v) is 8.31. The van der Waals surface area contributed by atoms with Crippen molar-refractivity contribution in [2.24, 2.45) is 4.99 Å². The van der Waals surface area contributed by atoms with Crippen LogP contribution in [0.5, 0.6) is 17.2 Å². The minimum atomic E-state index is -0.572. The van der Waals surface area contributed by atoms with Gasteiger partial charge in [-0.3, -0.25) is 0 Å². The third-order valence-electron chi connectivity index (χ3n) is 5.24. The molecule has 0 bridgehead atoms. The van der Waals surface area contributed by atoms with E-state index in [4.69, 9.17) is 30.5 Å². The van der Waals surface area contributed by atoms with Gasteiger partial charge in [0.1, 0.15) is 5.75 Å². The molecule has 0 aliphatic carbocycles. The van der Waals surface area contributed by atoms with Crippen molar-refractivity contribution in [3.8, 4) is 17.2 Å². The number of methoxy groups -OCH3 is 1. The summed E-state index contributed by atoms with van der Waals surface area (Å²) >= 11 is 5.95. The molecule has 0 saturated heterocycles. The Morgan fingerprint density at radius 1 is 1.06 bits per heavy atom. The lowest BCUT2D eigenvalue weighted by atomic mass is 10.1. The topological polar surface area (TPSA) is 83.4 Å². The first-order valence-electron chi connectivity index (χ1n) is 11.4. The van der Waals surface area contributed by atoms with Gasteiger partial charge in [-0.05, 0) is 72.7 Å². The van der Waals surface area contributed by atoms with E-state index in [1.54, 1.807) is 54.6 Å². The maximum atomic E-state index is 12.5. The third-order valence-corrected chi connectivity index (χ3v) is 5.48. The maximum Gasteiger partial charge on any atom is 0.363 e. The van der Waals surface area contributed by atoms with Gasteiger partial charge in [-0.15, -0.1) is 0 Å². The second kappa shape index (κ2) is 11.6. The Morgan fingerprint density at radius 3 is 2.58 bits per heavy atom. The number of cyclic esters (lactones) is 1. The Morgan fingerprint density at radius 2 is 1.86 bits per heavy atom. The lowest BCUT2D eigenvalue weighted by molar-refractivity contribution is -0.129. The summed E-state index contributed by atoms with van der Waals surface area (Å²) in [6.45, 7) is 2.76. The van der Waals surface area contributed by atoms with Crippen LogP contribution in [0.4, 0.5) is 0 Å². The van der Waals surface area contributed by atoms with E-state index in [1.807, 2.05) is 12.1 Å². The number of hydrogen-bond acceptors (Lipinski definition) is 7. The van der Waals surface area contributed by atoms with Crippen molar-refractivity contribution in [2.75, 3.05) is 13.7 Å². The van der Waals surface area contributed by atoms with Crippen LogP contribution in [0.15, 0.2) is 77.4 Å². The van der Waals surface area contributed by atoms with Crippen LogP contribution in [-0.2, 0) is 9.53 Å². The molecule has 8 heteroatoms. The number of ether oxygens (including phenoxy) is 4. The summed E-state index contributed by atoms with van der Waals surface area (Å²) in [5.74, 6) is 0.362. The van der Waals surface area contributed by atoms with Crippen LogP contribution < -0.4 is 14.2 Å². The number of halogens is 1. The van der Waals surface area contributed by atoms with E-state index in [0.717, 1.165) is 18.6 Å². The number of carbonyl (C=O) groups excluding carboxylic acids is 2. The number of benzene rings is 3. The van der Waals surface area contributed by atoms with Crippen LogP contribution in [0, 0.1) is 0 Å². The lowest BCUT2D eigenvalue weighted by Crippen LogP contribution is -2.09. The molecule has 0 saturated carbocycles. The number of rotatable bonds is 9.